The second-order valence-corrected chi connectivity index (χ2v) is 4.28. The van der Waals surface area contributed by atoms with Crippen molar-refractivity contribution in [1.82, 2.24) is 4.90 Å². The van der Waals surface area contributed by atoms with Crippen molar-refractivity contribution < 1.29 is 14.7 Å². The van der Waals surface area contributed by atoms with Gasteiger partial charge in [0, 0.05) is 18.6 Å². The average Bonchev–Trinajstić information content (AvgIpc) is 2.31. The fraction of sp³-hybridized carbons (Fsp3) is 0.333. The number of carbonyl (C=O) groups is 2. The van der Waals surface area contributed by atoms with Gasteiger partial charge >= 0.3 is 12.0 Å². The van der Waals surface area contributed by atoms with Crippen LogP contribution in [-0.4, -0.2) is 35.6 Å². The van der Waals surface area contributed by atoms with Gasteiger partial charge in [-0.3, -0.25) is 0 Å². The van der Waals surface area contributed by atoms with E-state index >= 15 is 0 Å². The van der Waals surface area contributed by atoms with Crippen molar-refractivity contribution in [2.45, 2.75) is 13.3 Å². The zero-order chi connectivity index (χ0) is 13.7. The molecule has 0 aliphatic rings. The summed E-state index contributed by atoms with van der Waals surface area (Å²) in [5.74, 6) is -1.13. The molecule has 0 spiro atoms. The van der Waals surface area contributed by atoms with Gasteiger partial charge in [-0.25, -0.2) is 9.59 Å². The highest BCUT2D eigenvalue weighted by atomic mass is 35.5. The molecule has 0 heterocycles. The molecule has 18 heavy (non-hydrogen) atoms. The van der Waals surface area contributed by atoms with Gasteiger partial charge in [0.1, 0.15) is 0 Å². The largest absolute Gasteiger partial charge is 0.478 e. The molecule has 0 saturated carbocycles. The number of hydrogen-bond donors (Lipinski definition) is 2. The quantitative estimate of drug-likeness (QED) is 0.884. The molecule has 0 unspecified atom stereocenters. The molecule has 98 valence electrons. The van der Waals surface area contributed by atoms with Crippen molar-refractivity contribution in [3.63, 3.8) is 0 Å². The van der Waals surface area contributed by atoms with Gasteiger partial charge in [0.2, 0.25) is 0 Å². The molecular formula is C12H15ClN2O3. The molecule has 2 N–H and O–H groups in total. The molecule has 0 atom stereocenters. The van der Waals surface area contributed by atoms with Crippen molar-refractivity contribution in [2.75, 3.05) is 18.9 Å². The highest BCUT2D eigenvalue weighted by molar-refractivity contribution is 6.31. The van der Waals surface area contributed by atoms with Gasteiger partial charge in [-0.1, -0.05) is 18.5 Å². The van der Waals surface area contributed by atoms with Crippen molar-refractivity contribution in [1.29, 1.82) is 0 Å². The number of amides is 2. The Balaban J connectivity index is 2.90. The van der Waals surface area contributed by atoms with E-state index in [1.54, 1.807) is 7.05 Å². The number of rotatable bonds is 4. The van der Waals surface area contributed by atoms with Crippen LogP contribution in [0.5, 0.6) is 0 Å². The van der Waals surface area contributed by atoms with E-state index in [-0.39, 0.29) is 17.3 Å². The molecule has 1 aromatic carbocycles. The number of carboxylic acid groups (broad SMARTS) is 1. The number of carbonyl (C=O) groups excluding carboxylic acids is 1. The minimum absolute atomic E-state index is 0.0271. The number of nitrogens with zero attached hydrogens (tertiary/aromatic N) is 1. The molecule has 0 aliphatic carbocycles. The first-order valence-electron chi connectivity index (χ1n) is 5.50. The number of hydrogen-bond acceptors (Lipinski definition) is 2. The molecular weight excluding hydrogens is 256 g/mol. The predicted molar refractivity (Wildman–Crippen MR) is 70.4 cm³/mol. The van der Waals surface area contributed by atoms with Gasteiger partial charge in [0.15, 0.2) is 0 Å². The van der Waals surface area contributed by atoms with E-state index < -0.39 is 5.97 Å². The summed E-state index contributed by atoms with van der Waals surface area (Å²) < 4.78 is 0. The fourth-order valence-electron chi connectivity index (χ4n) is 1.45. The molecule has 0 fully saturated rings. The summed E-state index contributed by atoms with van der Waals surface area (Å²) in [6.45, 7) is 2.55. The Hall–Kier alpha value is -1.75. The van der Waals surface area contributed by atoms with Gasteiger partial charge in [-0.2, -0.15) is 0 Å². The number of anilines is 1. The number of benzene rings is 1. The number of carboxylic acids is 1. The zero-order valence-electron chi connectivity index (χ0n) is 10.2. The van der Waals surface area contributed by atoms with E-state index in [9.17, 15) is 9.59 Å². The normalized spacial score (nSPS) is 9.94. The summed E-state index contributed by atoms with van der Waals surface area (Å²) >= 11 is 5.72. The second-order valence-electron chi connectivity index (χ2n) is 3.85. The maximum Gasteiger partial charge on any atom is 0.337 e. The summed E-state index contributed by atoms with van der Waals surface area (Å²) in [5.41, 5.74) is 0.209. The molecule has 0 aromatic heterocycles. The van der Waals surface area contributed by atoms with Crippen LogP contribution in [0, 0.1) is 0 Å². The van der Waals surface area contributed by atoms with Crippen LogP contribution in [0.1, 0.15) is 23.7 Å². The molecule has 0 saturated heterocycles. The van der Waals surface area contributed by atoms with E-state index in [1.165, 1.54) is 23.1 Å². The Labute approximate surface area is 110 Å². The minimum atomic E-state index is -1.13. The summed E-state index contributed by atoms with van der Waals surface area (Å²) in [4.78, 5) is 24.3. The third kappa shape index (κ3) is 3.63. The first kappa shape index (κ1) is 14.3. The van der Waals surface area contributed by atoms with Gasteiger partial charge in [0.25, 0.3) is 0 Å². The van der Waals surface area contributed by atoms with Gasteiger partial charge in [-0.15, -0.1) is 0 Å². The van der Waals surface area contributed by atoms with Crippen LogP contribution in [0.2, 0.25) is 5.02 Å². The lowest BCUT2D eigenvalue weighted by Gasteiger charge is -2.17. The Morgan fingerprint density at radius 2 is 2.11 bits per heavy atom. The molecule has 2 amide bonds. The highest BCUT2D eigenvalue weighted by Crippen LogP contribution is 2.21. The summed E-state index contributed by atoms with van der Waals surface area (Å²) in [5, 5.41) is 11.9. The number of nitrogens with one attached hydrogen (secondary N) is 1. The molecule has 0 radical (unpaired) electrons. The minimum Gasteiger partial charge on any atom is -0.478 e. The van der Waals surface area contributed by atoms with Gasteiger partial charge in [0.05, 0.1) is 11.3 Å². The molecule has 6 heteroatoms. The average molecular weight is 271 g/mol. The van der Waals surface area contributed by atoms with Gasteiger partial charge in [-0.05, 0) is 24.6 Å². The maximum atomic E-state index is 11.8. The lowest BCUT2D eigenvalue weighted by molar-refractivity contribution is 0.0698. The third-order valence-corrected chi connectivity index (χ3v) is 2.59. The Bertz CT molecular complexity index is 463. The van der Waals surface area contributed by atoms with E-state index in [4.69, 9.17) is 16.7 Å². The molecule has 1 rings (SSSR count). The third-order valence-electron chi connectivity index (χ3n) is 2.36. The molecule has 0 aliphatic heterocycles. The van der Waals surface area contributed by atoms with Crippen LogP contribution in [0.4, 0.5) is 10.5 Å². The lowest BCUT2D eigenvalue weighted by atomic mass is 10.2. The van der Waals surface area contributed by atoms with Crippen molar-refractivity contribution in [3.05, 3.63) is 28.8 Å². The Morgan fingerprint density at radius 1 is 1.44 bits per heavy atom. The predicted octanol–water partition coefficient (Wildman–Crippen LogP) is 2.91. The Kier molecular flexibility index (Phi) is 4.97. The van der Waals surface area contributed by atoms with Crippen LogP contribution < -0.4 is 5.32 Å². The molecule has 0 bridgehead atoms. The maximum absolute atomic E-state index is 11.8. The first-order valence-corrected chi connectivity index (χ1v) is 5.88. The molecule has 1 aromatic rings. The smallest absolute Gasteiger partial charge is 0.337 e. The van der Waals surface area contributed by atoms with E-state index in [0.29, 0.717) is 11.6 Å². The van der Waals surface area contributed by atoms with Crippen LogP contribution >= 0.6 is 11.6 Å². The summed E-state index contributed by atoms with van der Waals surface area (Å²) in [6, 6.07) is 3.97. The SMILES string of the molecule is CCCN(C)C(=O)Nc1ccc(Cl)cc1C(=O)O. The van der Waals surface area contributed by atoms with E-state index in [2.05, 4.69) is 5.32 Å². The van der Waals surface area contributed by atoms with Crippen molar-refractivity contribution in [2.24, 2.45) is 0 Å². The zero-order valence-corrected chi connectivity index (χ0v) is 11.0. The van der Waals surface area contributed by atoms with Gasteiger partial charge < -0.3 is 15.3 Å². The van der Waals surface area contributed by atoms with Crippen molar-refractivity contribution >= 4 is 29.3 Å². The van der Waals surface area contributed by atoms with Crippen LogP contribution in [-0.2, 0) is 0 Å². The lowest BCUT2D eigenvalue weighted by Crippen LogP contribution is -2.32. The van der Waals surface area contributed by atoms with Crippen LogP contribution in [0.25, 0.3) is 0 Å². The van der Waals surface area contributed by atoms with E-state index in [1.807, 2.05) is 6.92 Å². The molecule has 5 nitrogen and oxygen atoms in total. The number of urea groups is 1. The highest BCUT2D eigenvalue weighted by Gasteiger charge is 2.14. The van der Waals surface area contributed by atoms with Crippen molar-refractivity contribution in [3.8, 4) is 0 Å². The van der Waals surface area contributed by atoms with Crippen LogP contribution in [0.15, 0.2) is 18.2 Å². The topological polar surface area (TPSA) is 69.6 Å². The summed E-state index contributed by atoms with van der Waals surface area (Å²) in [7, 11) is 1.65. The Morgan fingerprint density at radius 3 is 2.67 bits per heavy atom. The van der Waals surface area contributed by atoms with Crippen LogP contribution in [0.3, 0.4) is 0 Å². The summed E-state index contributed by atoms with van der Waals surface area (Å²) in [6.07, 6.45) is 0.830. The number of aromatic carboxylic acids is 1. The second kappa shape index (κ2) is 6.26. The first-order chi connectivity index (χ1) is 8.45. The standard InChI is InChI=1S/C12H15ClN2O3/c1-3-6-15(2)12(18)14-10-5-4-8(13)7-9(10)11(16)17/h4-5,7H,3,6H2,1-2H3,(H,14,18)(H,16,17). The monoisotopic (exact) mass is 270 g/mol. The fourth-order valence-corrected chi connectivity index (χ4v) is 1.62. The van der Waals surface area contributed by atoms with E-state index in [0.717, 1.165) is 6.42 Å². The number of halogens is 1.